The molecule has 2 aromatic rings. The standard InChI is InChI=1S/C18H25F2N5O/c1-6-21-17(22-10-15-24-16(26-25-15)18(3,4)5)23-11(2)12-7-8-13(19)14(20)9-12/h7-9,11H,6,10H2,1-5H3,(H2,21,22,23). The summed E-state index contributed by atoms with van der Waals surface area (Å²) < 4.78 is 31.8. The van der Waals surface area contributed by atoms with Gasteiger partial charge in [-0.2, -0.15) is 4.98 Å². The number of hydrogen-bond acceptors (Lipinski definition) is 4. The van der Waals surface area contributed by atoms with E-state index in [4.69, 9.17) is 4.52 Å². The van der Waals surface area contributed by atoms with Crippen LogP contribution in [0.5, 0.6) is 0 Å². The van der Waals surface area contributed by atoms with E-state index in [0.29, 0.717) is 29.8 Å². The molecule has 2 rings (SSSR count). The molecule has 1 aromatic heterocycles. The molecule has 0 aliphatic heterocycles. The number of nitrogens with zero attached hydrogens (tertiary/aromatic N) is 3. The topological polar surface area (TPSA) is 75.3 Å². The summed E-state index contributed by atoms with van der Waals surface area (Å²) in [6.07, 6.45) is 0. The fourth-order valence-corrected chi connectivity index (χ4v) is 2.16. The van der Waals surface area contributed by atoms with Crippen LogP contribution in [0.2, 0.25) is 0 Å². The Morgan fingerprint density at radius 3 is 2.58 bits per heavy atom. The highest BCUT2D eigenvalue weighted by Crippen LogP contribution is 2.20. The van der Waals surface area contributed by atoms with Gasteiger partial charge >= 0.3 is 0 Å². The Kier molecular flexibility index (Phi) is 6.28. The molecule has 1 unspecified atom stereocenters. The van der Waals surface area contributed by atoms with Gasteiger partial charge in [0.25, 0.3) is 0 Å². The molecule has 1 heterocycles. The molecule has 26 heavy (non-hydrogen) atoms. The van der Waals surface area contributed by atoms with Crippen LogP contribution in [0.25, 0.3) is 0 Å². The molecule has 1 atom stereocenters. The third-order valence-corrected chi connectivity index (χ3v) is 3.63. The smallest absolute Gasteiger partial charge is 0.232 e. The summed E-state index contributed by atoms with van der Waals surface area (Å²) in [5, 5.41) is 10.2. The number of halogens is 2. The van der Waals surface area contributed by atoms with Crippen LogP contribution in [0.3, 0.4) is 0 Å². The second-order valence-corrected chi connectivity index (χ2v) is 7.00. The molecule has 0 saturated heterocycles. The number of guanidine groups is 1. The van der Waals surface area contributed by atoms with Gasteiger partial charge < -0.3 is 15.2 Å². The lowest BCUT2D eigenvalue weighted by molar-refractivity contribution is 0.318. The van der Waals surface area contributed by atoms with Crippen LogP contribution >= 0.6 is 0 Å². The summed E-state index contributed by atoms with van der Waals surface area (Å²) >= 11 is 0. The average molecular weight is 365 g/mol. The van der Waals surface area contributed by atoms with Gasteiger partial charge in [0.1, 0.15) is 6.54 Å². The quantitative estimate of drug-likeness (QED) is 0.627. The lowest BCUT2D eigenvalue weighted by Crippen LogP contribution is -2.38. The normalized spacial score (nSPS) is 13.6. The van der Waals surface area contributed by atoms with E-state index in [0.717, 1.165) is 6.07 Å². The Hall–Kier alpha value is -2.51. The maximum Gasteiger partial charge on any atom is 0.232 e. The molecule has 0 amide bonds. The highest BCUT2D eigenvalue weighted by atomic mass is 19.2. The molecule has 6 nitrogen and oxygen atoms in total. The van der Waals surface area contributed by atoms with Crippen molar-refractivity contribution in [2.75, 3.05) is 6.54 Å². The van der Waals surface area contributed by atoms with E-state index >= 15 is 0 Å². The lowest BCUT2D eigenvalue weighted by atomic mass is 9.97. The Morgan fingerprint density at radius 2 is 2.00 bits per heavy atom. The third kappa shape index (κ3) is 5.24. The number of hydrogen-bond donors (Lipinski definition) is 2. The van der Waals surface area contributed by atoms with Gasteiger partial charge in [-0.1, -0.05) is 32.0 Å². The van der Waals surface area contributed by atoms with Gasteiger partial charge in [0.15, 0.2) is 23.4 Å². The summed E-state index contributed by atoms with van der Waals surface area (Å²) in [7, 11) is 0. The fourth-order valence-electron chi connectivity index (χ4n) is 2.16. The van der Waals surface area contributed by atoms with Crippen LogP contribution in [0.1, 0.15) is 57.9 Å². The number of benzene rings is 1. The second kappa shape index (κ2) is 8.25. The number of rotatable bonds is 5. The molecule has 0 radical (unpaired) electrons. The number of nitrogens with one attached hydrogen (secondary N) is 2. The van der Waals surface area contributed by atoms with Gasteiger partial charge in [-0.3, -0.25) is 0 Å². The summed E-state index contributed by atoms with van der Waals surface area (Å²) in [6.45, 7) is 10.6. The molecule has 0 fully saturated rings. The van der Waals surface area contributed by atoms with Crippen molar-refractivity contribution in [1.29, 1.82) is 0 Å². The van der Waals surface area contributed by atoms with Gasteiger partial charge in [0.05, 0.1) is 6.04 Å². The first-order valence-electron chi connectivity index (χ1n) is 8.53. The highest BCUT2D eigenvalue weighted by molar-refractivity contribution is 5.80. The van der Waals surface area contributed by atoms with E-state index in [9.17, 15) is 8.78 Å². The Morgan fingerprint density at radius 1 is 1.27 bits per heavy atom. The maximum atomic E-state index is 13.4. The molecule has 8 heteroatoms. The van der Waals surface area contributed by atoms with Crippen molar-refractivity contribution in [2.45, 2.75) is 52.6 Å². The van der Waals surface area contributed by atoms with Crippen LogP contribution in [0.15, 0.2) is 27.7 Å². The minimum atomic E-state index is -0.875. The number of aromatic nitrogens is 2. The van der Waals surface area contributed by atoms with Crippen LogP contribution in [-0.4, -0.2) is 22.6 Å². The van der Waals surface area contributed by atoms with E-state index < -0.39 is 11.6 Å². The summed E-state index contributed by atoms with van der Waals surface area (Å²) in [6, 6.07) is 3.55. The van der Waals surface area contributed by atoms with Crippen molar-refractivity contribution in [1.82, 2.24) is 20.8 Å². The molecular weight excluding hydrogens is 340 g/mol. The van der Waals surface area contributed by atoms with Crippen LogP contribution in [0, 0.1) is 11.6 Å². The summed E-state index contributed by atoms with van der Waals surface area (Å²) in [4.78, 5) is 8.77. The van der Waals surface area contributed by atoms with E-state index in [-0.39, 0.29) is 18.0 Å². The van der Waals surface area contributed by atoms with Gasteiger partial charge in [-0.05, 0) is 31.5 Å². The van der Waals surface area contributed by atoms with Crippen molar-refractivity contribution in [3.63, 3.8) is 0 Å². The van der Waals surface area contributed by atoms with Crippen molar-refractivity contribution >= 4 is 5.96 Å². The van der Waals surface area contributed by atoms with E-state index in [1.807, 2.05) is 34.6 Å². The maximum absolute atomic E-state index is 13.4. The lowest BCUT2D eigenvalue weighted by Gasteiger charge is -2.18. The molecule has 0 aliphatic carbocycles. The summed E-state index contributed by atoms with van der Waals surface area (Å²) in [5.74, 6) is -0.192. The SMILES string of the molecule is CCNC(=NCc1noc(C(C)(C)C)n1)NC(C)c1ccc(F)c(F)c1. The zero-order valence-electron chi connectivity index (χ0n) is 15.7. The molecule has 2 N–H and O–H groups in total. The largest absolute Gasteiger partial charge is 0.357 e. The zero-order valence-corrected chi connectivity index (χ0v) is 15.7. The highest BCUT2D eigenvalue weighted by Gasteiger charge is 2.21. The molecule has 0 bridgehead atoms. The Labute approximate surface area is 152 Å². The zero-order chi connectivity index (χ0) is 19.3. The van der Waals surface area contributed by atoms with Gasteiger partial charge in [0, 0.05) is 12.0 Å². The molecule has 0 spiro atoms. The fraction of sp³-hybridized carbons (Fsp3) is 0.500. The molecule has 0 saturated carbocycles. The minimum absolute atomic E-state index is 0.223. The Bertz CT molecular complexity index is 767. The van der Waals surface area contributed by atoms with Gasteiger partial charge in [-0.15, -0.1) is 0 Å². The minimum Gasteiger partial charge on any atom is -0.357 e. The van der Waals surface area contributed by atoms with Crippen LogP contribution in [0.4, 0.5) is 8.78 Å². The van der Waals surface area contributed by atoms with Crippen LogP contribution in [-0.2, 0) is 12.0 Å². The van der Waals surface area contributed by atoms with Crippen molar-refractivity contribution in [3.05, 3.63) is 47.1 Å². The summed E-state index contributed by atoms with van der Waals surface area (Å²) in [5.41, 5.74) is 0.392. The average Bonchev–Trinajstić information content (AvgIpc) is 3.04. The Balaban J connectivity index is 2.08. The van der Waals surface area contributed by atoms with Crippen LogP contribution < -0.4 is 10.6 Å². The van der Waals surface area contributed by atoms with Gasteiger partial charge in [-0.25, -0.2) is 13.8 Å². The van der Waals surface area contributed by atoms with Crippen molar-refractivity contribution in [3.8, 4) is 0 Å². The van der Waals surface area contributed by atoms with Gasteiger partial charge in [0.2, 0.25) is 5.89 Å². The first-order valence-corrected chi connectivity index (χ1v) is 8.53. The van der Waals surface area contributed by atoms with Crippen molar-refractivity contribution < 1.29 is 13.3 Å². The van der Waals surface area contributed by atoms with E-state index in [1.54, 1.807) is 0 Å². The first-order chi connectivity index (χ1) is 12.2. The molecule has 0 aliphatic rings. The molecule has 1 aromatic carbocycles. The van der Waals surface area contributed by atoms with E-state index in [1.165, 1.54) is 12.1 Å². The number of aliphatic imine (C=N–C) groups is 1. The monoisotopic (exact) mass is 365 g/mol. The second-order valence-electron chi connectivity index (χ2n) is 7.00. The van der Waals surface area contributed by atoms with Crippen molar-refractivity contribution in [2.24, 2.45) is 4.99 Å². The molecule has 142 valence electrons. The first kappa shape index (κ1) is 19.8. The third-order valence-electron chi connectivity index (χ3n) is 3.63. The predicted octanol–water partition coefficient (Wildman–Crippen LogP) is 3.46. The van der Waals surface area contributed by atoms with E-state index in [2.05, 4.69) is 25.8 Å². The predicted molar refractivity (Wildman–Crippen MR) is 95.7 cm³/mol. The molecular formula is C18H25F2N5O.